The number of hydrogen-bond donors (Lipinski definition) is 1. The van der Waals surface area contributed by atoms with Gasteiger partial charge >= 0.3 is 0 Å². The first-order valence-electron chi connectivity index (χ1n) is 5.01. The smallest absolute Gasteiger partial charge is 0.171 e. The first kappa shape index (κ1) is 11.8. The largest absolute Gasteiger partial charge is 0.339 e. The minimum atomic E-state index is 0.471. The lowest BCUT2D eigenvalue weighted by atomic mass is 10.3. The van der Waals surface area contributed by atoms with Crippen LogP contribution >= 0.6 is 35.0 Å². The number of benzene rings is 1. The molecule has 0 bridgehead atoms. The van der Waals surface area contributed by atoms with Gasteiger partial charge in [0.05, 0.1) is 27.3 Å². The SMILES string of the molecule is Clc1cc2ncc(Sc3ncc[nH]3)nc2cc1Cl. The van der Waals surface area contributed by atoms with Crippen LogP contribution in [0.3, 0.4) is 0 Å². The van der Waals surface area contributed by atoms with E-state index in [0.29, 0.717) is 21.1 Å². The lowest BCUT2D eigenvalue weighted by molar-refractivity contribution is 1.04. The number of rotatable bonds is 2. The molecule has 0 saturated heterocycles. The second-order valence-electron chi connectivity index (χ2n) is 3.46. The number of imidazole rings is 1. The summed E-state index contributed by atoms with van der Waals surface area (Å²) in [5.41, 5.74) is 1.43. The second-order valence-corrected chi connectivity index (χ2v) is 5.28. The van der Waals surface area contributed by atoms with Crippen molar-refractivity contribution >= 4 is 46.0 Å². The van der Waals surface area contributed by atoms with E-state index < -0.39 is 0 Å². The fraction of sp³-hybridized carbons (Fsp3) is 0. The molecule has 0 aliphatic rings. The van der Waals surface area contributed by atoms with Crippen LogP contribution in [-0.4, -0.2) is 19.9 Å². The number of aromatic nitrogens is 4. The van der Waals surface area contributed by atoms with Gasteiger partial charge in [-0.05, 0) is 23.9 Å². The van der Waals surface area contributed by atoms with Crippen molar-refractivity contribution in [3.8, 4) is 0 Å². The maximum atomic E-state index is 5.96. The zero-order valence-electron chi connectivity index (χ0n) is 8.89. The predicted octanol–water partition coefficient (Wildman–Crippen LogP) is 3.81. The second kappa shape index (κ2) is 4.76. The Morgan fingerprint density at radius 2 is 1.83 bits per heavy atom. The quantitative estimate of drug-likeness (QED) is 0.781. The van der Waals surface area contributed by atoms with Gasteiger partial charge in [0.2, 0.25) is 0 Å². The van der Waals surface area contributed by atoms with Gasteiger partial charge in [-0.15, -0.1) is 0 Å². The fourth-order valence-electron chi connectivity index (χ4n) is 1.45. The molecule has 0 unspecified atom stereocenters. The molecule has 0 fully saturated rings. The van der Waals surface area contributed by atoms with Gasteiger partial charge in [-0.3, -0.25) is 4.98 Å². The molecule has 3 rings (SSSR count). The van der Waals surface area contributed by atoms with E-state index >= 15 is 0 Å². The van der Waals surface area contributed by atoms with Crippen LogP contribution in [0.2, 0.25) is 10.0 Å². The highest BCUT2D eigenvalue weighted by Crippen LogP contribution is 2.28. The molecule has 0 spiro atoms. The van der Waals surface area contributed by atoms with Crippen LogP contribution in [0.1, 0.15) is 0 Å². The van der Waals surface area contributed by atoms with Crippen molar-refractivity contribution in [2.75, 3.05) is 0 Å². The molecule has 1 aromatic carbocycles. The van der Waals surface area contributed by atoms with Crippen LogP contribution in [0.4, 0.5) is 0 Å². The van der Waals surface area contributed by atoms with E-state index in [-0.39, 0.29) is 0 Å². The van der Waals surface area contributed by atoms with Gasteiger partial charge in [0.1, 0.15) is 5.03 Å². The first-order valence-corrected chi connectivity index (χ1v) is 6.58. The molecule has 2 aromatic heterocycles. The average molecular weight is 297 g/mol. The van der Waals surface area contributed by atoms with E-state index in [0.717, 1.165) is 10.2 Å². The highest BCUT2D eigenvalue weighted by molar-refractivity contribution is 7.99. The average Bonchev–Trinajstić information content (AvgIpc) is 2.84. The van der Waals surface area contributed by atoms with Gasteiger partial charge in [0, 0.05) is 12.4 Å². The minimum absolute atomic E-state index is 0.471. The van der Waals surface area contributed by atoms with Crippen molar-refractivity contribution in [3.63, 3.8) is 0 Å². The van der Waals surface area contributed by atoms with Crippen LogP contribution in [-0.2, 0) is 0 Å². The molecule has 0 saturated carbocycles. The molecule has 0 radical (unpaired) electrons. The summed E-state index contributed by atoms with van der Waals surface area (Å²) >= 11 is 13.3. The predicted molar refractivity (Wildman–Crippen MR) is 72.3 cm³/mol. The van der Waals surface area contributed by atoms with Gasteiger partial charge < -0.3 is 4.98 Å². The summed E-state index contributed by atoms with van der Waals surface area (Å²) in [4.78, 5) is 15.9. The molecule has 0 aliphatic heterocycles. The molecular formula is C11H6Cl2N4S. The van der Waals surface area contributed by atoms with Gasteiger partial charge in [0.25, 0.3) is 0 Å². The van der Waals surface area contributed by atoms with Gasteiger partial charge in [-0.1, -0.05) is 23.2 Å². The third-order valence-electron chi connectivity index (χ3n) is 2.24. The summed E-state index contributed by atoms with van der Waals surface area (Å²) in [6.07, 6.45) is 5.13. The molecule has 0 aliphatic carbocycles. The maximum Gasteiger partial charge on any atom is 0.171 e. The van der Waals surface area contributed by atoms with Crippen LogP contribution in [0.5, 0.6) is 0 Å². The number of fused-ring (bicyclic) bond motifs is 1. The van der Waals surface area contributed by atoms with E-state index in [1.165, 1.54) is 11.8 Å². The van der Waals surface area contributed by atoms with Crippen LogP contribution < -0.4 is 0 Å². The third kappa shape index (κ3) is 2.29. The number of H-pyrrole nitrogens is 1. The summed E-state index contributed by atoms with van der Waals surface area (Å²) in [7, 11) is 0. The zero-order valence-corrected chi connectivity index (χ0v) is 11.2. The summed E-state index contributed by atoms with van der Waals surface area (Å²) in [5.74, 6) is 0. The molecule has 7 heteroatoms. The summed E-state index contributed by atoms with van der Waals surface area (Å²) in [6.45, 7) is 0. The van der Waals surface area contributed by atoms with Crippen molar-refractivity contribution in [2.24, 2.45) is 0 Å². The lowest BCUT2D eigenvalue weighted by Crippen LogP contribution is -1.88. The topological polar surface area (TPSA) is 54.5 Å². The van der Waals surface area contributed by atoms with Crippen LogP contribution in [0.15, 0.2) is 40.9 Å². The monoisotopic (exact) mass is 296 g/mol. The standard InChI is InChI=1S/C11H6Cl2N4S/c12-6-3-8-9(4-7(6)13)17-10(5-16-8)18-11-14-1-2-15-11/h1-5H,(H,14,15). The Morgan fingerprint density at radius 1 is 1.06 bits per heavy atom. The summed E-state index contributed by atoms with van der Waals surface area (Å²) in [6, 6.07) is 3.41. The van der Waals surface area contributed by atoms with Crippen molar-refractivity contribution in [1.29, 1.82) is 0 Å². The van der Waals surface area contributed by atoms with E-state index in [2.05, 4.69) is 19.9 Å². The molecule has 3 aromatic rings. The Morgan fingerprint density at radius 3 is 2.56 bits per heavy atom. The molecular weight excluding hydrogens is 291 g/mol. The number of halogens is 2. The Labute approximate surface area is 117 Å². The fourth-order valence-corrected chi connectivity index (χ4v) is 2.45. The molecule has 90 valence electrons. The number of nitrogens with zero attached hydrogens (tertiary/aromatic N) is 3. The van der Waals surface area contributed by atoms with Crippen molar-refractivity contribution < 1.29 is 0 Å². The maximum absolute atomic E-state index is 5.96. The van der Waals surface area contributed by atoms with Crippen molar-refractivity contribution in [1.82, 2.24) is 19.9 Å². The van der Waals surface area contributed by atoms with E-state index in [1.54, 1.807) is 30.7 Å². The molecule has 0 amide bonds. The normalized spacial score (nSPS) is 11.0. The number of aromatic amines is 1. The van der Waals surface area contributed by atoms with E-state index in [4.69, 9.17) is 23.2 Å². The number of hydrogen-bond acceptors (Lipinski definition) is 4. The highest BCUT2D eigenvalue weighted by Gasteiger charge is 2.06. The summed E-state index contributed by atoms with van der Waals surface area (Å²) in [5, 5.41) is 2.46. The summed E-state index contributed by atoms with van der Waals surface area (Å²) < 4.78 is 0. The molecule has 2 heterocycles. The first-order chi connectivity index (χ1) is 8.72. The Kier molecular flexibility index (Phi) is 3.11. The van der Waals surface area contributed by atoms with Gasteiger partial charge in [0.15, 0.2) is 5.16 Å². The van der Waals surface area contributed by atoms with Gasteiger partial charge in [-0.25, -0.2) is 9.97 Å². The highest BCUT2D eigenvalue weighted by atomic mass is 35.5. The van der Waals surface area contributed by atoms with Crippen LogP contribution in [0.25, 0.3) is 11.0 Å². The van der Waals surface area contributed by atoms with Crippen molar-refractivity contribution in [3.05, 3.63) is 40.8 Å². The third-order valence-corrected chi connectivity index (χ3v) is 3.78. The molecule has 0 atom stereocenters. The van der Waals surface area contributed by atoms with Crippen molar-refractivity contribution in [2.45, 2.75) is 10.2 Å². The minimum Gasteiger partial charge on any atom is -0.339 e. The zero-order chi connectivity index (χ0) is 12.5. The molecule has 4 nitrogen and oxygen atoms in total. The lowest BCUT2D eigenvalue weighted by Gasteiger charge is -2.02. The van der Waals surface area contributed by atoms with Gasteiger partial charge in [-0.2, -0.15) is 0 Å². The molecule has 1 N–H and O–H groups in total. The Balaban J connectivity index is 2.02. The number of nitrogens with one attached hydrogen (secondary N) is 1. The Bertz CT molecular complexity index is 700. The van der Waals surface area contributed by atoms with E-state index in [1.807, 2.05) is 0 Å². The molecule has 18 heavy (non-hydrogen) atoms. The van der Waals surface area contributed by atoms with E-state index in [9.17, 15) is 0 Å². The Hall–Kier alpha value is -1.30. The van der Waals surface area contributed by atoms with Crippen LogP contribution in [0, 0.1) is 0 Å².